The van der Waals surface area contributed by atoms with Crippen LogP contribution in [-0.2, 0) is 0 Å². The fourth-order valence-electron chi connectivity index (χ4n) is 1.02. The predicted molar refractivity (Wildman–Crippen MR) is 60.1 cm³/mol. The fourth-order valence-corrected chi connectivity index (χ4v) is 1.81. The second kappa shape index (κ2) is 5.37. The molecule has 1 heterocycles. The fraction of sp³-hybridized carbons (Fsp3) is 0.556. The Labute approximate surface area is 93.9 Å². The molecule has 1 rings (SSSR count). The number of nitrogens with zero attached hydrogens (tertiary/aromatic N) is 2. The Morgan fingerprint density at radius 3 is 2.57 bits per heavy atom. The van der Waals surface area contributed by atoms with Crippen molar-refractivity contribution in [3.05, 3.63) is 18.6 Å². The van der Waals surface area contributed by atoms with Gasteiger partial charge < -0.3 is 5.32 Å². The van der Waals surface area contributed by atoms with Crippen molar-refractivity contribution in [2.24, 2.45) is 0 Å². The molecular weight excluding hydrogens is 221 g/mol. The van der Waals surface area contributed by atoms with Crippen molar-refractivity contribution in [1.82, 2.24) is 9.97 Å². The second-order valence-electron chi connectivity index (χ2n) is 3.12. The Kier molecular flexibility index (Phi) is 4.42. The Hall–Kier alpha value is -0.540. The summed E-state index contributed by atoms with van der Waals surface area (Å²) in [6.45, 7) is 2.04. The Morgan fingerprint density at radius 2 is 2.14 bits per heavy atom. The Morgan fingerprint density at radius 1 is 1.43 bits per heavy atom. The normalized spacial score (nSPS) is 11.4. The largest absolute Gasteiger partial charge is 0.362 e. The minimum Gasteiger partial charge on any atom is -0.362 e. The lowest BCUT2D eigenvalue weighted by Gasteiger charge is -2.29. The van der Waals surface area contributed by atoms with E-state index in [1.807, 2.05) is 6.92 Å². The highest BCUT2D eigenvalue weighted by atomic mass is 35.5. The molecule has 0 bridgehead atoms. The number of alkyl halides is 2. The van der Waals surface area contributed by atoms with E-state index in [9.17, 15) is 0 Å². The molecule has 0 aromatic carbocycles. The van der Waals surface area contributed by atoms with Crippen LogP contribution in [0, 0.1) is 0 Å². The molecule has 0 aliphatic rings. The summed E-state index contributed by atoms with van der Waals surface area (Å²) >= 11 is 11.8. The van der Waals surface area contributed by atoms with Gasteiger partial charge in [-0.25, -0.2) is 9.97 Å². The molecule has 3 nitrogen and oxygen atoms in total. The first-order valence-electron chi connectivity index (χ1n) is 4.42. The first kappa shape index (κ1) is 11.5. The Balaban J connectivity index is 2.74. The molecule has 0 fully saturated rings. The van der Waals surface area contributed by atoms with Gasteiger partial charge in [-0.1, -0.05) is 6.92 Å². The van der Waals surface area contributed by atoms with Crippen LogP contribution in [0.2, 0.25) is 0 Å². The molecule has 0 aliphatic heterocycles. The topological polar surface area (TPSA) is 37.8 Å². The van der Waals surface area contributed by atoms with E-state index in [-0.39, 0.29) is 5.54 Å². The van der Waals surface area contributed by atoms with Crippen LogP contribution in [-0.4, -0.2) is 27.3 Å². The summed E-state index contributed by atoms with van der Waals surface area (Å²) in [5.74, 6) is 1.66. The van der Waals surface area contributed by atoms with Gasteiger partial charge in [0, 0.05) is 18.0 Å². The number of hydrogen-bond acceptors (Lipinski definition) is 3. The van der Waals surface area contributed by atoms with E-state index >= 15 is 0 Å². The van der Waals surface area contributed by atoms with Crippen LogP contribution in [0.1, 0.15) is 13.3 Å². The van der Waals surface area contributed by atoms with Crippen molar-refractivity contribution in [2.75, 3.05) is 17.1 Å². The van der Waals surface area contributed by atoms with Crippen molar-refractivity contribution >= 4 is 29.0 Å². The van der Waals surface area contributed by atoms with E-state index in [1.54, 1.807) is 12.3 Å². The van der Waals surface area contributed by atoms with E-state index in [4.69, 9.17) is 23.2 Å². The number of anilines is 1. The highest BCUT2D eigenvalue weighted by Gasteiger charge is 2.26. The zero-order chi connectivity index (χ0) is 10.4. The molecule has 14 heavy (non-hydrogen) atoms. The first-order valence-corrected chi connectivity index (χ1v) is 5.49. The Bertz CT molecular complexity index is 254. The molecule has 78 valence electrons. The standard InChI is InChI=1S/C9H13Cl2N3/c1-2-9(5-10,6-11)14-8-3-4-12-7-13-8/h3-4,7H,2,5-6H2,1H3,(H,12,13,14). The third-order valence-electron chi connectivity index (χ3n) is 2.16. The van der Waals surface area contributed by atoms with Crippen LogP contribution < -0.4 is 5.32 Å². The van der Waals surface area contributed by atoms with Crippen LogP contribution in [0.25, 0.3) is 0 Å². The van der Waals surface area contributed by atoms with Gasteiger partial charge in [0.15, 0.2) is 0 Å². The van der Waals surface area contributed by atoms with Crippen LogP contribution in [0.5, 0.6) is 0 Å². The van der Waals surface area contributed by atoms with Gasteiger partial charge in [0.05, 0.1) is 5.54 Å². The van der Waals surface area contributed by atoms with Crippen molar-refractivity contribution < 1.29 is 0 Å². The molecular formula is C9H13Cl2N3. The molecule has 0 aliphatic carbocycles. The van der Waals surface area contributed by atoms with Crippen molar-refractivity contribution in [2.45, 2.75) is 18.9 Å². The summed E-state index contributed by atoms with van der Waals surface area (Å²) in [5, 5.41) is 3.23. The summed E-state index contributed by atoms with van der Waals surface area (Å²) in [6, 6.07) is 1.80. The number of nitrogens with one attached hydrogen (secondary N) is 1. The molecule has 0 radical (unpaired) electrons. The maximum absolute atomic E-state index is 5.88. The molecule has 0 amide bonds. The molecule has 5 heteroatoms. The molecule has 1 aromatic rings. The van der Waals surface area contributed by atoms with E-state index in [2.05, 4.69) is 15.3 Å². The number of halogens is 2. The predicted octanol–water partition coefficient (Wildman–Crippen LogP) is 2.51. The van der Waals surface area contributed by atoms with Crippen molar-refractivity contribution in [3.63, 3.8) is 0 Å². The summed E-state index contributed by atoms with van der Waals surface area (Å²) in [4.78, 5) is 7.90. The van der Waals surface area contributed by atoms with Gasteiger partial charge in [-0.3, -0.25) is 0 Å². The third kappa shape index (κ3) is 2.72. The van der Waals surface area contributed by atoms with E-state index in [0.717, 1.165) is 12.2 Å². The van der Waals surface area contributed by atoms with E-state index in [0.29, 0.717) is 11.8 Å². The maximum atomic E-state index is 5.88. The number of aromatic nitrogens is 2. The SMILES string of the molecule is CCC(CCl)(CCl)Nc1ccncn1. The lowest BCUT2D eigenvalue weighted by Crippen LogP contribution is -2.42. The molecule has 0 atom stereocenters. The van der Waals surface area contributed by atoms with Crippen LogP contribution in [0.4, 0.5) is 5.82 Å². The van der Waals surface area contributed by atoms with Gasteiger partial charge in [0.2, 0.25) is 0 Å². The van der Waals surface area contributed by atoms with Crippen molar-refractivity contribution in [1.29, 1.82) is 0 Å². The molecule has 0 spiro atoms. The average Bonchev–Trinajstić information content (AvgIpc) is 2.28. The average molecular weight is 234 g/mol. The highest BCUT2D eigenvalue weighted by molar-refractivity contribution is 6.22. The van der Waals surface area contributed by atoms with Crippen LogP contribution in [0.15, 0.2) is 18.6 Å². The van der Waals surface area contributed by atoms with Crippen LogP contribution in [0.3, 0.4) is 0 Å². The van der Waals surface area contributed by atoms with Crippen molar-refractivity contribution in [3.8, 4) is 0 Å². The maximum Gasteiger partial charge on any atom is 0.129 e. The van der Waals surface area contributed by atoms with Gasteiger partial charge in [-0.05, 0) is 12.5 Å². The minimum atomic E-state index is -0.280. The summed E-state index contributed by atoms with van der Waals surface area (Å²) < 4.78 is 0. The van der Waals surface area contributed by atoms with Gasteiger partial charge in [-0.2, -0.15) is 0 Å². The molecule has 0 saturated heterocycles. The van der Waals surface area contributed by atoms with Gasteiger partial charge >= 0.3 is 0 Å². The quantitative estimate of drug-likeness (QED) is 0.795. The number of hydrogen-bond donors (Lipinski definition) is 1. The monoisotopic (exact) mass is 233 g/mol. The van der Waals surface area contributed by atoms with E-state index < -0.39 is 0 Å². The second-order valence-corrected chi connectivity index (χ2v) is 3.66. The molecule has 0 saturated carbocycles. The van der Waals surface area contributed by atoms with E-state index in [1.165, 1.54) is 6.33 Å². The molecule has 1 aromatic heterocycles. The molecule has 1 N–H and O–H groups in total. The zero-order valence-corrected chi connectivity index (χ0v) is 9.52. The van der Waals surface area contributed by atoms with Gasteiger partial charge in [0.1, 0.15) is 12.1 Å². The highest BCUT2D eigenvalue weighted by Crippen LogP contribution is 2.20. The summed E-state index contributed by atoms with van der Waals surface area (Å²) in [5.41, 5.74) is -0.280. The summed E-state index contributed by atoms with van der Waals surface area (Å²) in [6.07, 6.45) is 4.02. The smallest absolute Gasteiger partial charge is 0.129 e. The lowest BCUT2D eigenvalue weighted by atomic mass is 10.0. The van der Waals surface area contributed by atoms with Gasteiger partial charge in [0.25, 0.3) is 0 Å². The first-order chi connectivity index (χ1) is 6.76. The lowest BCUT2D eigenvalue weighted by molar-refractivity contribution is 0.557. The third-order valence-corrected chi connectivity index (χ3v) is 3.19. The van der Waals surface area contributed by atoms with Gasteiger partial charge in [-0.15, -0.1) is 23.2 Å². The molecule has 0 unspecified atom stereocenters. The number of rotatable bonds is 5. The van der Waals surface area contributed by atoms with Crippen LogP contribution >= 0.6 is 23.2 Å². The summed E-state index contributed by atoms with van der Waals surface area (Å²) in [7, 11) is 0. The zero-order valence-electron chi connectivity index (χ0n) is 8.00. The minimum absolute atomic E-state index is 0.280.